The second kappa shape index (κ2) is 3.07. The van der Waals surface area contributed by atoms with E-state index in [4.69, 9.17) is 0 Å². The van der Waals surface area contributed by atoms with E-state index < -0.39 is 11.4 Å². The summed E-state index contributed by atoms with van der Waals surface area (Å²) in [6, 6.07) is 3.79. The lowest BCUT2D eigenvalue weighted by atomic mass is 10.1. The van der Waals surface area contributed by atoms with Crippen molar-refractivity contribution in [1.29, 1.82) is 0 Å². The zero-order chi connectivity index (χ0) is 12.2. The second-order valence-electron chi connectivity index (χ2n) is 4.10. The lowest BCUT2D eigenvalue weighted by Crippen LogP contribution is -2.26. The highest BCUT2D eigenvalue weighted by Gasteiger charge is 2.10. The molecule has 0 spiro atoms. The summed E-state index contributed by atoms with van der Waals surface area (Å²) in [6.45, 7) is 3.94. The molecular formula is C11H10N4O2. The van der Waals surface area contributed by atoms with Crippen molar-refractivity contribution in [3.63, 3.8) is 0 Å². The number of aryl methyl sites for hydroxylation is 2. The van der Waals surface area contributed by atoms with Crippen LogP contribution in [0.4, 0.5) is 0 Å². The van der Waals surface area contributed by atoms with Gasteiger partial charge in [0.2, 0.25) is 0 Å². The van der Waals surface area contributed by atoms with Crippen molar-refractivity contribution in [2.24, 2.45) is 0 Å². The van der Waals surface area contributed by atoms with E-state index >= 15 is 0 Å². The van der Waals surface area contributed by atoms with Crippen LogP contribution >= 0.6 is 0 Å². The van der Waals surface area contributed by atoms with Gasteiger partial charge in [-0.05, 0) is 37.1 Å². The van der Waals surface area contributed by atoms with Gasteiger partial charge in [0.1, 0.15) is 0 Å². The van der Waals surface area contributed by atoms with Gasteiger partial charge >= 0.3 is 11.4 Å². The van der Waals surface area contributed by atoms with Gasteiger partial charge in [0.25, 0.3) is 0 Å². The van der Waals surface area contributed by atoms with Crippen LogP contribution in [0.25, 0.3) is 16.6 Å². The normalized spacial score (nSPS) is 11.4. The van der Waals surface area contributed by atoms with Crippen molar-refractivity contribution in [1.82, 2.24) is 19.6 Å². The molecular weight excluding hydrogens is 220 g/mol. The van der Waals surface area contributed by atoms with Crippen LogP contribution in [0.2, 0.25) is 0 Å². The Labute approximate surface area is 94.9 Å². The minimum Gasteiger partial charge on any atom is -0.306 e. The summed E-state index contributed by atoms with van der Waals surface area (Å²) in [7, 11) is 0. The molecule has 0 unspecified atom stereocenters. The highest BCUT2D eigenvalue weighted by molar-refractivity contribution is 5.91. The average molecular weight is 230 g/mol. The van der Waals surface area contributed by atoms with Crippen LogP contribution in [0.1, 0.15) is 11.1 Å². The molecule has 2 aromatic heterocycles. The first-order chi connectivity index (χ1) is 8.08. The number of nitrogens with one attached hydrogen (secondary N) is 2. The van der Waals surface area contributed by atoms with Gasteiger partial charge in [0.15, 0.2) is 5.65 Å². The quantitative estimate of drug-likeness (QED) is 0.589. The van der Waals surface area contributed by atoms with Crippen molar-refractivity contribution in [3.05, 3.63) is 44.2 Å². The third kappa shape index (κ3) is 1.24. The van der Waals surface area contributed by atoms with Gasteiger partial charge < -0.3 is 4.98 Å². The Morgan fingerprint density at radius 2 is 1.82 bits per heavy atom. The van der Waals surface area contributed by atoms with Crippen LogP contribution in [0.3, 0.4) is 0 Å². The third-order valence-electron chi connectivity index (χ3n) is 2.99. The van der Waals surface area contributed by atoms with E-state index in [9.17, 15) is 9.59 Å². The Balaban J connectivity index is 2.69. The van der Waals surface area contributed by atoms with E-state index in [0.717, 1.165) is 20.9 Å². The van der Waals surface area contributed by atoms with Gasteiger partial charge in [0, 0.05) is 5.39 Å². The number of H-pyrrole nitrogens is 2. The van der Waals surface area contributed by atoms with Gasteiger partial charge in [-0.15, -0.1) is 0 Å². The Kier molecular flexibility index (Phi) is 1.77. The summed E-state index contributed by atoms with van der Waals surface area (Å²) in [4.78, 5) is 25.8. The highest BCUT2D eigenvalue weighted by atomic mass is 16.2. The number of nitrogens with zero attached hydrogens (tertiary/aromatic N) is 2. The number of fused-ring (bicyclic) bond motifs is 3. The largest absolute Gasteiger partial charge is 0.351 e. The molecule has 0 atom stereocenters. The molecule has 3 rings (SSSR count). The van der Waals surface area contributed by atoms with Crippen LogP contribution in [0.5, 0.6) is 0 Å². The van der Waals surface area contributed by atoms with Gasteiger partial charge in [-0.1, -0.05) is 0 Å². The Bertz CT molecular complexity index is 853. The molecule has 0 saturated heterocycles. The standard InChI is InChI=1S/C11H10N4O2/c1-5-3-7-8(4-6(5)2)12-10(16)15-9(7)13-14-11(15)17/h3-4H,1-2H3,(H,12,16)(H,14,17). The van der Waals surface area contributed by atoms with Gasteiger partial charge in [-0.25, -0.2) is 14.7 Å². The molecule has 0 amide bonds. The van der Waals surface area contributed by atoms with E-state index in [1.807, 2.05) is 26.0 Å². The molecule has 2 N–H and O–H groups in total. The van der Waals surface area contributed by atoms with Crippen molar-refractivity contribution >= 4 is 16.6 Å². The zero-order valence-electron chi connectivity index (χ0n) is 9.37. The molecule has 17 heavy (non-hydrogen) atoms. The zero-order valence-corrected chi connectivity index (χ0v) is 9.37. The van der Waals surface area contributed by atoms with Gasteiger partial charge in [-0.3, -0.25) is 0 Å². The van der Waals surface area contributed by atoms with Crippen LogP contribution < -0.4 is 11.4 Å². The highest BCUT2D eigenvalue weighted by Crippen LogP contribution is 2.18. The molecule has 0 aliphatic heterocycles. The van der Waals surface area contributed by atoms with E-state index in [-0.39, 0.29) is 0 Å². The molecule has 86 valence electrons. The summed E-state index contributed by atoms with van der Waals surface area (Å²) < 4.78 is 0.997. The number of hydrogen-bond acceptors (Lipinski definition) is 3. The smallest absolute Gasteiger partial charge is 0.306 e. The van der Waals surface area contributed by atoms with Crippen LogP contribution in [0.15, 0.2) is 21.7 Å². The lowest BCUT2D eigenvalue weighted by molar-refractivity contribution is 0.958. The summed E-state index contributed by atoms with van der Waals surface area (Å²) in [5.41, 5.74) is 2.20. The fraction of sp³-hybridized carbons (Fsp3) is 0.182. The average Bonchev–Trinajstić information content (AvgIpc) is 2.65. The van der Waals surface area contributed by atoms with Gasteiger partial charge in [-0.2, -0.15) is 9.50 Å². The summed E-state index contributed by atoms with van der Waals surface area (Å²) in [5, 5.41) is 6.92. The maximum atomic E-state index is 11.7. The number of benzene rings is 1. The minimum absolute atomic E-state index is 0.358. The summed E-state index contributed by atoms with van der Waals surface area (Å²) in [6.07, 6.45) is 0. The molecule has 1 aromatic carbocycles. The first-order valence-electron chi connectivity index (χ1n) is 5.18. The Morgan fingerprint density at radius 3 is 2.59 bits per heavy atom. The maximum Gasteiger partial charge on any atom is 0.351 e. The molecule has 2 heterocycles. The van der Waals surface area contributed by atoms with Crippen molar-refractivity contribution in [3.8, 4) is 0 Å². The van der Waals surface area contributed by atoms with E-state index in [0.29, 0.717) is 11.2 Å². The second-order valence-corrected chi connectivity index (χ2v) is 4.10. The molecule has 6 heteroatoms. The van der Waals surface area contributed by atoms with Crippen molar-refractivity contribution < 1.29 is 0 Å². The third-order valence-corrected chi connectivity index (χ3v) is 2.99. The predicted molar refractivity (Wildman–Crippen MR) is 63.4 cm³/mol. The SMILES string of the molecule is Cc1cc2[nH]c(=O)n3c(=O)[nH]nc3c2cc1C. The fourth-order valence-electron chi connectivity index (χ4n) is 1.94. The molecule has 3 aromatic rings. The predicted octanol–water partition coefficient (Wildman–Crippen LogP) is 0.481. The van der Waals surface area contributed by atoms with Crippen LogP contribution in [-0.4, -0.2) is 19.6 Å². The lowest BCUT2D eigenvalue weighted by Gasteiger charge is -2.04. The Hall–Kier alpha value is -2.37. The fourth-order valence-corrected chi connectivity index (χ4v) is 1.94. The molecule has 0 bridgehead atoms. The maximum absolute atomic E-state index is 11.7. The molecule has 0 fully saturated rings. The first-order valence-corrected chi connectivity index (χ1v) is 5.18. The number of rotatable bonds is 0. The Morgan fingerprint density at radius 1 is 1.12 bits per heavy atom. The molecule has 0 saturated carbocycles. The number of aromatic amines is 2. The summed E-state index contributed by atoms with van der Waals surface area (Å²) >= 11 is 0. The molecule has 0 radical (unpaired) electrons. The van der Waals surface area contributed by atoms with E-state index in [2.05, 4.69) is 15.2 Å². The van der Waals surface area contributed by atoms with E-state index in [1.165, 1.54) is 0 Å². The minimum atomic E-state index is -0.527. The molecule has 0 aliphatic rings. The van der Waals surface area contributed by atoms with Crippen molar-refractivity contribution in [2.75, 3.05) is 0 Å². The first kappa shape index (κ1) is 9.83. The molecule has 6 nitrogen and oxygen atoms in total. The van der Waals surface area contributed by atoms with Gasteiger partial charge in [0.05, 0.1) is 5.52 Å². The van der Waals surface area contributed by atoms with Crippen LogP contribution in [-0.2, 0) is 0 Å². The monoisotopic (exact) mass is 230 g/mol. The van der Waals surface area contributed by atoms with E-state index in [1.54, 1.807) is 0 Å². The number of hydrogen-bond donors (Lipinski definition) is 2. The van der Waals surface area contributed by atoms with Crippen molar-refractivity contribution in [2.45, 2.75) is 13.8 Å². The molecule has 0 aliphatic carbocycles. The number of aromatic nitrogens is 4. The topological polar surface area (TPSA) is 83.0 Å². The van der Waals surface area contributed by atoms with Crippen LogP contribution in [0, 0.1) is 13.8 Å². The summed E-state index contributed by atoms with van der Waals surface area (Å²) in [5.74, 6) is 0.